The Morgan fingerprint density at radius 1 is 1.21 bits per heavy atom. The first-order chi connectivity index (χ1) is 13.3. The number of ether oxygens (including phenoxy) is 1. The van der Waals surface area contributed by atoms with E-state index in [0.717, 1.165) is 5.56 Å². The molecule has 1 atom stereocenters. The van der Waals surface area contributed by atoms with Gasteiger partial charge in [-0.25, -0.2) is 8.42 Å². The van der Waals surface area contributed by atoms with E-state index in [1.54, 1.807) is 24.3 Å². The molecule has 8 heteroatoms. The van der Waals surface area contributed by atoms with Crippen molar-refractivity contribution in [3.8, 4) is 11.8 Å². The summed E-state index contributed by atoms with van der Waals surface area (Å²) in [4.78, 5) is 2.28. The SMILES string of the molecule is COc1ccc(Cl)c(S(=O)(=O)N2CCN(Cc3ccc(C#N)cc3)CC2C)c1. The molecule has 0 aliphatic carbocycles. The average Bonchev–Trinajstić information content (AvgIpc) is 2.68. The van der Waals surface area contributed by atoms with E-state index in [9.17, 15) is 8.42 Å². The third-order valence-electron chi connectivity index (χ3n) is 4.86. The summed E-state index contributed by atoms with van der Waals surface area (Å²) in [6.45, 7) is 4.22. The molecule has 2 aromatic carbocycles. The maximum absolute atomic E-state index is 13.2. The van der Waals surface area contributed by atoms with Crippen molar-refractivity contribution < 1.29 is 13.2 Å². The largest absolute Gasteiger partial charge is 0.497 e. The van der Waals surface area contributed by atoms with E-state index in [4.69, 9.17) is 21.6 Å². The van der Waals surface area contributed by atoms with Gasteiger partial charge < -0.3 is 4.74 Å². The minimum absolute atomic E-state index is 0.0703. The Hall–Kier alpha value is -2.11. The lowest BCUT2D eigenvalue weighted by Crippen LogP contribution is -2.53. The molecule has 148 valence electrons. The predicted octanol–water partition coefficient (Wildman–Crippen LogP) is 3.12. The third-order valence-corrected chi connectivity index (χ3v) is 7.36. The van der Waals surface area contributed by atoms with Crippen molar-refractivity contribution in [1.82, 2.24) is 9.21 Å². The van der Waals surface area contributed by atoms with E-state index in [-0.39, 0.29) is 16.0 Å². The van der Waals surface area contributed by atoms with Crippen molar-refractivity contribution in [1.29, 1.82) is 5.26 Å². The van der Waals surface area contributed by atoms with Gasteiger partial charge in [0.05, 0.1) is 23.8 Å². The second kappa shape index (κ2) is 8.50. The van der Waals surface area contributed by atoms with Gasteiger partial charge in [0.15, 0.2) is 0 Å². The number of rotatable bonds is 5. The molecular weight excluding hydrogens is 398 g/mol. The van der Waals surface area contributed by atoms with Crippen molar-refractivity contribution in [3.63, 3.8) is 0 Å². The summed E-state index contributed by atoms with van der Waals surface area (Å²) in [5.74, 6) is 0.454. The lowest BCUT2D eigenvalue weighted by Gasteiger charge is -2.39. The second-order valence-electron chi connectivity index (χ2n) is 6.80. The maximum atomic E-state index is 13.2. The predicted molar refractivity (Wildman–Crippen MR) is 108 cm³/mol. The fraction of sp³-hybridized carbons (Fsp3) is 0.350. The number of sulfonamides is 1. The van der Waals surface area contributed by atoms with E-state index < -0.39 is 10.0 Å². The standard InChI is InChI=1S/C20H22ClN3O3S/c1-15-13-23(14-17-5-3-16(12-22)4-6-17)9-10-24(15)28(25,26)20-11-18(27-2)7-8-19(20)21/h3-8,11,15H,9-10,13-14H2,1-2H3. The van der Waals surface area contributed by atoms with Crippen molar-refractivity contribution >= 4 is 21.6 Å². The van der Waals surface area contributed by atoms with Gasteiger partial charge in [-0.3, -0.25) is 4.90 Å². The Bertz CT molecular complexity index is 987. The molecule has 1 heterocycles. The van der Waals surface area contributed by atoms with Crippen LogP contribution in [-0.2, 0) is 16.6 Å². The number of nitrogens with zero attached hydrogens (tertiary/aromatic N) is 3. The molecule has 0 aromatic heterocycles. The average molecular weight is 420 g/mol. The zero-order chi connectivity index (χ0) is 20.3. The lowest BCUT2D eigenvalue weighted by molar-refractivity contribution is 0.138. The Morgan fingerprint density at radius 2 is 1.93 bits per heavy atom. The topological polar surface area (TPSA) is 73.6 Å². The molecule has 0 bridgehead atoms. The van der Waals surface area contributed by atoms with Crippen LogP contribution in [-0.4, -0.2) is 50.4 Å². The molecule has 28 heavy (non-hydrogen) atoms. The van der Waals surface area contributed by atoms with Gasteiger partial charge in [-0.15, -0.1) is 0 Å². The van der Waals surface area contributed by atoms with Crippen LogP contribution in [0.4, 0.5) is 0 Å². The Balaban J connectivity index is 1.73. The number of hydrogen-bond acceptors (Lipinski definition) is 5. The van der Waals surface area contributed by atoms with Gasteiger partial charge in [-0.05, 0) is 36.8 Å². The first kappa shape index (κ1) is 20.6. The number of methoxy groups -OCH3 is 1. The summed E-state index contributed by atoms with van der Waals surface area (Å²) in [7, 11) is -2.23. The molecule has 6 nitrogen and oxygen atoms in total. The van der Waals surface area contributed by atoms with Crippen LogP contribution in [0.25, 0.3) is 0 Å². The van der Waals surface area contributed by atoms with E-state index in [2.05, 4.69) is 11.0 Å². The summed E-state index contributed by atoms with van der Waals surface area (Å²) in [6.07, 6.45) is 0. The fourth-order valence-corrected chi connectivity index (χ4v) is 5.50. The van der Waals surface area contributed by atoms with Crippen LogP contribution in [0.1, 0.15) is 18.1 Å². The van der Waals surface area contributed by atoms with E-state index in [1.165, 1.54) is 17.5 Å². The molecule has 0 saturated carbocycles. The van der Waals surface area contributed by atoms with Crippen LogP contribution in [0.15, 0.2) is 47.4 Å². The number of benzene rings is 2. The number of piperazine rings is 1. The zero-order valence-corrected chi connectivity index (χ0v) is 17.4. The molecule has 1 aliphatic heterocycles. The molecule has 3 rings (SSSR count). The van der Waals surface area contributed by atoms with Crippen LogP contribution in [0.2, 0.25) is 5.02 Å². The van der Waals surface area contributed by atoms with Crippen LogP contribution in [0.5, 0.6) is 5.75 Å². The van der Waals surface area contributed by atoms with Gasteiger partial charge in [0.1, 0.15) is 10.6 Å². The van der Waals surface area contributed by atoms with Gasteiger partial charge in [0, 0.05) is 38.3 Å². The molecule has 0 N–H and O–H groups in total. The molecule has 1 saturated heterocycles. The quantitative estimate of drug-likeness (QED) is 0.744. The van der Waals surface area contributed by atoms with Gasteiger partial charge in [-0.2, -0.15) is 9.57 Å². The van der Waals surface area contributed by atoms with Crippen molar-refractivity contribution in [3.05, 3.63) is 58.6 Å². The number of halogens is 1. The van der Waals surface area contributed by atoms with E-state index in [1.807, 2.05) is 19.1 Å². The molecule has 1 fully saturated rings. The first-order valence-corrected chi connectivity index (χ1v) is 10.7. The van der Waals surface area contributed by atoms with Crippen molar-refractivity contribution in [2.75, 3.05) is 26.7 Å². The molecular formula is C20H22ClN3O3S. The van der Waals surface area contributed by atoms with Crippen LogP contribution >= 0.6 is 11.6 Å². The minimum Gasteiger partial charge on any atom is -0.497 e. The molecule has 0 radical (unpaired) electrons. The van der Waals surface area contributed by atoms with Crippen LogP contribution in [0.3, 0.4) is 0 Å². The molecule has 1 aliphatic rings. The highest BCUT2D eigenvalue weighted by Gasteiger charge is 2.35. The van der Waals surface area contributed by atoms with Gasteiger partial charge in [-0.1, -0.05) is 23.7 Å². The highest BCUT2D eigenvalue weighted by atomic mass is 35.5. The summed E-state index contributed by atoms with van der Waals surface area (Å²) >= 11 is 6.17. The lowest BCUT2D eigenvalue weighted by atomic mass is 10.1. The highest BCUT2D eigenvalue weighted by molar-refractivity contribution is 7.89. The zero-order valence-electron chi connectivity index (χ0n) is 15.8. The highest BCUT2D eigenvalue weighted by Crippen LogP contribution is 2.30. The van der Waals surface area contributed by atoms with E-state index >= 15 is 0 Å². The van der Waals surface area contributed by atoms with Gasteiger partial charge in [0.25, 0.3) is 0 Å². The summed E-state index contributed by atoms with van der Waals surface area (Å²) < 4.78 is 33.0. The monoisotopic (exact) mass is 419 g/mol. The fourth-order valence-electron chi connectivity index (χ4n) is 3.39. The molecule has 0 spiro atoms. The Morgan fingerprint density at radius 3 is 2.54 bits per heavy atom. The summed E-state index contributed by atoms with van der Waals surface area (Å²) in [5.41, 5.74) is 1.72. The number of nitriles is 1. The molecule has 2 aromatic rings. The second-order valence-corrected chi connectivity index (χ2v) is 9.07. The minimum atomic E-state index is -3.72. The summed E-state index contributed by atoms with van der Waals surface area (Å²) in [5, 5.41) is 9.08. The third kappa shape index (κ3) is 4.31. The van der Waals surface area contributed by atoms with Crippen LogP contribution in [0, 0.1) is 11.3 Å². The van der Waals surface area contributed by atoms with Gasteiger partial charge in [0.2, 0.25) is 10.0 Å². The van der Waals surface area contributed by atoms with Gasteiger partial charge >= 0.3 is 0 Å². The van der Waals surface area contributed by atoms with Crippen molar-refractivity contribution in [2.45, 2.75) is 24.4 Å². The van der Waals surface area contributed by atoms with Crippen LogP contribution < -0.4 is 4.74 Å². The summed E-state index contributed by atoms with van der Waals surface area (Å²) in [6, 6.07) is 14.0. The normalized spacial score (nSPS) is 18.6. The first-order valence-electron chi connectivity index (χ1n) is 8.92. The Labute approximate surface area is 170 Å². The number of hydrogen-bond donors (Lipinski definition) is 0. The maximum Gasteiger partial charge on any atom is 0.245 e. The smallest absolute Gasteiger partial charge is 0.245 e. The van der Waals surface area contributed by atoms with E-state index in [0.29, 0.717) is 37.5 Å². The van der Waals surface area contributed by atoms with Crippen molar-refractivity contribution in [2.24, 2.45) is 0 Å². The molecule has 0 amide bonds. The Kier molecular flexibility index (Phi) is 6.26. The molecule has 1 unspecified atom stereocenters.